The lowest BCUT2D eigenvalue weighted by Gasteiger charge is -2.40. The number of aliphatic hydroxyl groups is 5. The van der Waals surface area contributed by atoms with Crippen molar-refractivity contribution in [2.75, 3.05) is 13.7 Å². The smallest absolute Gasteiger partial charge is 0.305 e. The SMILES string of the molecule is CC/C=C\C/C=C\CC1(O)C=C(Br)C(=O)/C1=C\C=C\[C@H](CCC(=O)OC)OC1O[C@H](CO)C(O)[C@H](O)C1O. The maximum atomic E-state index is 12.7. The van der Waals surface area contributed by atoms with Gasteiger partial charge in [0.2, 0.25) is 0 Å². The first-order chi connectivity index (χ1) is 18.1. The molecule has 4 unspecified atom stereocenters. The molecule has 11 heteroatoms. The van der Waals surface area contributed by atoms with Gasteiger partial charge in [-0.05, 0) is 41.3 Å². The van der Waals surface area contributed by atoms with Crippen molar-refractivity contribution >= 4 is 27.7 Å². The van der Waals surface area contributed by atoms with Gasteiger partial charge in [-0.25, -0.2) is 0 Å². The maximum absolute atomic E-state index is 12.7. The molecule has 2 rings (SSSR count). The Balaban J connectivity index is 2.21. The molecule has 0 bridgehead atoms. The van der Waals surface area contributed by atoms with Crippen molar-refractivity contribution in [1.82, 2.24) is 0 Å². The van der Waals surface area contributed by atoms with Crippen LogP contribution in [0.15, 0.2) is 58.7 Å². The molecule has 0 aromatic heterocycles. The van der Waals surface area contributed by atoms with Gasteiger partial charge in [0.15, 0.2) is 12.1 Å². The van der Waals surface area contributed by atoms with Gasteiger partial charge in [0, 0.05) is 18.4 Å². The average molecular weight is 601 g/mol. The van der Waals surface area contributed by atoms with Crippen LogP contribution in [0, 0.1) is 0 Å². The van der Waals surface area contributed by atoms with Crippen molar-refractivity contribution in [3.8, 4) is 0 Å². The topological polar surface area (TPSA) is 163 Å². The van der Waals surface area contributed by atoms with E-state index in [0.29, 0.717) is 6.42 Å². The van der Waals surface area contributed by atoms with Crippen LogP contribution in [0.4, 0.5) is 0 Å². The lowest BCUT2D eigenvalue weighted by Crippen LogP contribution is -2.59. The largest absolute Gasteiger partial charge is 0.469 e. The van der Waals surface area contributed by atoms with E-state index in [1.165, 1.54) is 31.4 Å². The Bertz CT molecular complexity index is 954. The molecule has 1 heterocycles. The number of Topliss-reactive ketones (excluding diaryl/α,β-unsaturated/α-hetero) is 1. The van der Waals surface area contributed by atoms with Crippen molar-refractivity contribution < 1.29 is 49.3 Å². The Labute approximate surface area is 230 Å². The van der Waals surface area contributed by atoms with Gasteiger partial charge in [-0.2, -0.15) is 0 Å². The first-order valence-electron chi connectivity index (χ1n) is 12.4. The van der Waals surface area contributed by atoms with Gasteiger partial charge in [-0.15, -0.1) is 0 Å². The number of aliphatic hydroxyl groups excluding tert-OH is 4. The number of hydrogen-bond acceptors (Lipinski definition) is 10. The minimum Gasteiger partial charge on any atom is -0.469 e. The highest BCUT2D eigenvalue weighted by molar-refractivity contribution is 9.12. The molecule has 212 valence electrons. The fraction of sp³-hybridized carbons (Fsp3) is 0.556. The molecule has 0 aromatic rings. The minimum absolute atomic E-state index is 0.0489. The Morgan fingerprint density at radius 1 is 1.18 bits per heavy atom. The van der Waals surface area contributed by atoms with Gasteiger partial charge in [-0.3, -0.25) is 9.59 Å². The molecule has 10 nitrogen and oxygen atoms in total. The molecule has 7 atom stereocenters. The number of ketones is 1. The van der Waals surface area contributed by atoms with Crippen LogP contribution in [-0.2, 0) is 23.8 Å². The van der Waals surface area contributed by atoms with Crippen LogP contribution in [-0.4, -0.2) is 93.4 Å². The van der Waals surface area contributed by atoms with Crippen LogP contribution < -0.4 is 0 Å². The Morgan fingerprint density at radius 2 is 1.89 bits per heavy atom. The number of carbonyl (C=O) groups excluding carboxylic acids is 2. The number of rotatable bonds is 13. The van der Waals surface area contributed by atoms with Gasteiger partial charge in [0.1, 0.15) is 30.0 Å². The third-order valence-corrected chi connectivity index (χ3v) is 6.76. The third kappa shape index (κ3) is 8.78. The summed E-state index contributed by atoms with van der Waals surface area (Å²) in [5, 5.41) is 50.9. The first kappa shape index (κ1) is 32.3. The van der Waals surface area contributed by atoms with Gasteiger partial charge >= 0.3 is 5.97 Å². The molecule has 0 aromatic carbocycles. The minimum atomic E-state index is -1.63. The fourth-order valence-corrected chi connectivity index (χ4v) is 4.56. The van der Waals surface area contributed by atoms with Crippen LogP contribution in [0.3, 0.4) is 0 Å². The predicted molar refractivity (Wildman–Crippen MR) is 142 cm³/mol. The highest BCUT2D eigenvalue weighted by atomic mass is 79.9. The van der Waals surface area contributed by atoms with E-state index in [1.54, 1.807) is 6.08 Å². The van der Waals surface area contributed by atoms with Gasteiger partial charge in [0.25, 0.3) is 0 Å². The summed E-state index contributed by atoms with van der Waals surface area (Å²) in [6, 6.07) is 0. The van der Waals surface area contributed by atoms with Gasteiger partial charge in [0.05, 0.1) is 24.3 Å². The number of ether oxygens (including phenoxy) is 3. The molecule has 1 saturated heterocycles. The molecule has 0 saturated carbocycles. The van der Waals surface area contributed by atoms with E-state index in [2.05, 4.69) is 20.7 Å². The second kappa shape index (κ2) is 15.6. The fourth-order valence-electron chi connectivity index (χ4n) is 3.97. The summed E-state index contributed by atoms with van der Waals surface area (Å²) in [6.45, 7) is 1.42. The van der Waals surface area contributed by atoms with E-state index in [0.717, 1.165) is 6.42 Å². The summed E-state index contributed by atoms with van der Waals surface area (Å²) >= 11 is 3.19. The molecular weight excluding hydrogens is 564 g/mol. The van der Waals surface area contributed by atoms with Crippen molar-refractivity contribution in [3.63, 3.8) is 0 Å². The Kier molecular flexibility index (Phi) is 13.2. The lowest BCUT2D eigenvalue weighted by atomic mass is 9.92. The summed E-state index contributed by atoms with van der Waals surface area (Å²) in [4.78, 5) is 24.4. The zero-order valence-electron chi connectivity index (χ0n) is 21.5. The summed E-state index contributed by atoms with van der Waals surface area (Å²) in [5.41, 5.74) is -1.39. The second-order valence-electron chi connectivity index (χ2n) is 8.99. The van der Waals surface area contributed by atoms with Crippen molar-refractivity contribution in [1.29, 1.82) is 0 Å². The van der Waals surface area contributed by atoms with E-state index >= 15 is 0 Å². The molecule has 1 fully saturated rings. The van der Waals surface area contributed by atoms with E-state index in [9.17, 15) is 35.1 Å². The summed E-state index contributed by atoms with van der Waals surface area (Å²) in [7, 11) is 1.24. The van der Waals surface area contributed by atoms with Crippen molar-refractivity contribution in [3.05, 3.63) is 58.7 Å². The summed E-state index contributed by atoms with van der Waals surface area (Å²) in [5.74, 6) is -0.884. The van der Waals surface area contributed by atoms with Gasteiger partial charge < -0.3 is 39.7 Å². The normalized spacial score (nSPS) is 32.1. The first-order valence-corrected chi connectivity index (χ1v) is 13.2. The van der Waals surface area contributed by atoms with Crippen molar-refractivity contribution in [2.24, 2.45) is 0 Å². The van der Waals surface area contributed by atoms with Crippen LogP contribution in [0.25, 0.3) is 0 Å². The number of carbonyl (C=O) groups is 2. The standard InChI is InChI=1S/C27H37BrO10/c1-3-4-5-6-7-8-14-27(35)15-19(28)22(31)18(27)11-9-10-17(12-13-21(30)36-2)37-26-25(34)24(33)23(32)20(16-29)38-26/h4-5,7-11,15,17,20,23-26,29,32-35H,3,6,12-14,16H2,1-2H3/b5-4-,8-7-,10-9+,18-11+/t17-,20-,23?,24+,25?,26?,27?/m1/s1. The number of esters is 1. The van der Waals surface area contributed by atoms with Crippen LogP contribution >= 0.6 is 15.9 Å². The number of allylic oxidation sites excluding steroid dienone is 6. The van der Waals surface area contributed by atoms with Crippen molar-refractivity contribution in [2.45, 2.75) is 81.4 Å². The number of methoxy groups -OCH3 is 1. The lowest BCUT2D eigenvalue weighted by molar-refractivity contribution is -0.307. The van der Waals surface area contributed by atoms with E-state index in [-0.39, 0.29) is 35.1 Å². The highest BCUT2D eigenvalue weighted by Crippen LogP contribution is 2.36. The molecular formula is C27H37BrO10. The van der Waals surface area contributed by atoms with Crippen LogP contribution in [0.1, 0.15) is 39.0 Å². The van der Waals surface area contributed by atoms with E-state index in [4.69, 9.17) is 9.47 Å². The zero-order chi connectivity index (χ0) is 28.3. The predicted octanol–water partition coefficient (Wildman–Crippen LogP) is 1.50. The average Bonchev–Trinajstić information content (AvgIpc) is 3.11. The Morgan fingerprint density at radius 3 is 2.55 bits per heavy atom. The van der Waals surface area contributed by atoms with Crippen LogP contribution in [0.2, 0.25) is 0 Å². The summed E-state index contributed by atoms with van der Waals surface area (Å²) in [6.07, 6.45) is 7.25. The molecule has 0 spiro atoms. The Hall–Kier alpha value is -1.96. The third-order valence-electron chi connectivity index (χ3n) is 6.17. The van der Waals surface area contributed by atoms with E-state index in [1.807, 2.05) is 25.2 Å². The monoisotopic (exact) mass is 600 g/mol. The second-order valence-corrected chi connectivity index (χ2v) is 9.84. The molecule has 2 aliphatic rings. The van der Waals surface area contributed by atoms with E-state index < -0.39 is 55.0 Å². The molecule has 0 radical (unpaired) electrons. The quantitative estimate of drug-likeness (QED) is 0.119. The molecule has 1 aliphatic heterocycles. The molecule has 38 heavy (non-hydrogen) atoms. The highest BCUT2D eigenvalue weighted by Gasteiger charge is 2.44. The zero-order valence-corrected chi connectivity index (χ0v) is 23.1. The molecule has 1 aliphatic carbocycles. The van der Waals surface area contributed by atoms with Gasteiger partial charge in [-0.1, -0.05) is 49.5 Å². The van der Waals surface area contributed by atoms with Crippen LogP contribution in [0.5, 0.6) is 0 Å². The molecule has 5 N–H and O–H groups in total. The number of halogens is 1. The maximum Gasteiger partial charge on any atom is 0.305 e. The summed E-state index contributed by atoms with van der Waals surface area (Å²) < 4.78 is 16.1. The molecule has 0 amide bonds. The number of hydrogen-bond donors (Lipinski definition) is 5.